The Balaban J connectivity index is 1.62. The fraction of sp³-hybridized carbons (Fsp3) is 0.458. The zero-order valence-corrected chi connectivity index (χ0v) is 19.0. The summed E-state index contributed by atoms with van der Waals surface area (Å²) < 4.78 is 6.06. The van der Waals surface area contributed by atoms with E-state index >= 15 is 0 Å². The van der Waals surface area contributed by atoms with Crippen molar-refractivity contribution in [3.63, 3.8) is 0 Å². The van der Waals surface area contributed by atoms with E-state index in [9.17, 15) is 9.59 Å². The van der Waals surface area contributed by atoms with Crippen LogP contribution in [0.4, 0.5) is 0 Å². The molecule has 2 aromatic rings. The number of carbonyl (C=O) groups is 2. The first-order valence-electron chi connectivity index (χ1n) is 10.8. The van der Waals surface area contributed by atoms with E-state index < -0.39 is 6.04 Å². The van der Waals surface area contributed by atoms with Gasteiger partial charge in [0.2, 0.25) is 11.8 Å². The molecule has 0 spiro atoms. The normalized spacial score (nSPS) is 14.8. The molecule has 7 heteroatoms. The van der Waals surface area contributed by atoms with Crippen molar-refractivity contribution in [3.8, 4) is 5.88 Å². The maximum absolute atomic E-state index is 12.9. The lowest BCUT2D eigenvalue weighted by Crippen LogP contribution is -2.47. The van der Waals surface area contributed by atoms with E-state index in [4.69, 9.17) is 4.74 Å². The van der Waals surface area contributed by atoms with Crippen LogP contribution in [0.5, 0.6) is 5.88 Å². The Morgan fingerprint density at radius 3 is 2.77 bits per heavy atom. The molecule has 0 bridgehead atoms. The summed E-state index contributed by atoms with van der Waals surface area (Å²) in [6, 6.07) is 10.5. The van der Waals surface area contributed by atoms with Gasteiger partial charge in [-0.2, -0.15) is 11.8 Å². The van der Waals surface area contributed by atoms with Crippen molar-refractivity contribution in [1.82, 2.24) is 15.6 Å². The summed E-state index contributed by atoms with van der Waals surface area (Å²) in [5, 5.41) is 5.85. The van der Waals surface area contributed by atoms with Gasteiger partial charge in [0.1, 0.15) is 12.1 Å². The lowest BCUT2D eigenvalue weighted by atomic mass is 10.1. The van der Waals surface area contributed by atoms with Crippen LogP contribution < -0.4 is 15.4 Å². The van der Waals surface area contributed by atoms with Gasteiger partial charge in [0.25, 0.3) is 5.91 Å². The number of benzene rings is 1. The molecule has 0 radical (unpaired) electrons. The molecule has 2 N–H and O–H groups in total. The summed E-state index contributed by atoms with van der Waals surface area (Å²) in [5.41, 5.74) is 2.40. The summed E-state index contributed by atoms with van der Waals surface area (Å²) in [4.78, 5) is 29.9. The van der Waals surface area contributed by atoms with Crippen LogP contribution in [-0.4, -0.2) is 41.0 Å². The van der Waals surface area contributed by atoms with Crippen molar-refractivity contribution in [2.45, 2.75) is 57.7 Å². The molecule has 1 atom stereocenters. The van der Waals surface area contributed by atoms with Crippen molar-refractivity contribution < 1.29 is 14.3 Å². The molecule has 1 unspecified atom stereocenters. The maximum atomic E-state index is 12.9. The smallest absolute Gasteiger partial charge is 0.251 e. The average Bonchev–Trinajstić information content (AvgIpc) is 3.28. The summed E-state index contributed by atoms with van der Waals surface area (Å²) >= 11 is 1.65. The number of nitrogens with zero attached hydrogens (tertiary/aromatic N) is 1. The third kappa shape index (κ3) is 6.99. The van der Waals surface area contributed by atoms with Crippen LogP contribution in [0, 0.1) is 6.92 Å². The predicted octanol–water partition coefficient (Wildman–Crippen LogP) is 3.88. The first-order valence-corrected chi connectivity index (χ1v) is 12.2. The third-order valence-electron chi connectivity index (χ3n) is 5.40. The van der Waals surface area contributed by atoms with E-state index in [0.717, 1.165) is 29.7 Å². The molecule has 1 aromatic carbocycles. The molecule has 2 amide bonds. The minimum atomic E-state index is -0.601. The number of pyridine rings is 1. The molecule has 6 nitrogen and oxygen atoms in total. The Morgan fingerprint density at radius 1 is 1.23 bits per heavy atom. The number of ether oxygens (including phenoxy) is 1. The summed E-state index contributed by atoms with van der Waals surface area (Å²) in [7, 11) is 0. The van der Waals surface area contributed by atoms with Crippen LogP contribution in [0.15, 0.2) is 42.6 Å². The highest BCUT2D eigenvalue weighted by Gasteiger charge is 2.22. The number of aromatic nitrogens is 1. The van der Waals surface area contributed by atoms with Gasteiger partial charge < -0.3 is 15.4 Å². The summed E-state index contributed by atoms with van der Waals surface area (Å²) in [6.45, 7) is 2.25. The Morgan fingerprint density at radius 2 is 2.03 bits per heavy atom. The Kier molecular flexibility index (Phi) is 8.76. The number of thioether (sulfide) groups is 1. The van der Waals surface area contributed by atoms with E-state index in [2.05, 4.69) is 15.6 Å². The van der Waals surface area contributed by atoms with E-state index in [1.165, 1.54) is 12.8 Å². The SMILES string of the molecule is CSCCC(NC(=O)c1cccc(C)c1)C(=O)NCc1cccnc1OC1CCCC1. The standard InChI is InChI=1S/C24H31N3O3S/c1-17-7-5-8-18(15-17)22(28)27-21(12-14-31-2)23(29)26-16-19-9-6-13-25-24(19)30-20-10-3-4-11-20/h5-9,13,15,20-21H,3-4,10-12,14,16H2,1-2H3,(H,26,29)(H,27,28). The van der Waals surface area contributed by atoms with Crippen molar-refractivity contribution in [2.75, 3.05) is 12.0 Å². The quantitative estimate of drug-likeness (QED) is 0.585. The maximum Gasteiger partial charge on any atom is 0.251 e. The van der Waals surface area contributed by atoms with Crippen LogP contribution in [0.25, 0.3) is 0 Å². The molecule has 1 aromatic heterocycles. The average molecular weight is 442 g/mol. The fourth-order valence-electron chi connectivity index (χ4n) is 3.67. The molecule has 1 aliphatic rings. The molecule has 0 saturated heterocycles. The number of hydrogen-bond acceptors (Lipinski definition) is 5. The molecule has 31 heavy (non-hydrogen) atoms. The highest BCUT2D eigenvalue weighted by Crippen LogP contribution is 2.25. The van der Waals surface area contributed by atoms with Crippen molar-refractivity contribution in [1.29, 1.82) is 0 Å². The lowest BCUT2D eigenvalue weighted by molar-refractivity contribution is -0.123. The molecule has 0 aliphatic heterocycles. The van der Waals surface area contributed by atoms with Crippen LogP contribution in [-0.2, 0) is 11.3 Å². The zero-order chi connectivity index (χ0) is 22.1. The molecular formula is C24H31N3O3S. The van der Waals surface area contributed by atoms with Gasteiger partial charge in [-0.3, -0.25) is 9.59 Å². The first-order chi connectivity index (χ1) is 15.1. The summed E-state index contributed by atoms with van der Waals surface area (Å²) in [5.74, 6) is 0.913. The molecule has 166 valence electrons. The van der Waals surface area contributed by atoms with Gasteiger partial charge >= 0.3 is 0 Å². The van der Waals surface area contributed by atoms with Gasteiger partial charge in [-0.25, -0.2) is 4.98 Å². The summed E-state index contributed by atoms with van der Waals surface area (Å²) in [6.07, 6.45) is 8.91. The van der Waals surface area contributed by atoms with E-state index in [-0.39, 0.29) is 17.9 Å². The second-order valence-corrected chi connectivity index (χ2v) is 8.87. The van der Waals surface area contributed by atoms with E-state index in [0.29, 0.717) is 24.4 Å². The fourth-order valence-corrected chi connectivity index (χ4v) is 4.14. The minimum absolute atomic E-state index is 0.201. The molecule has 1 fully saturated rings. The minimum Gasteiger partial charge on any atom is -0.474 e. The zero-order valence-electron chi connectivity index (χ0n) is 18.2. The largest absolute Gasteiger partial charge is 0.474 e. The highest BCUT2D eigenvalue weighted by molar-refractivity contribution is 7.98. The highest BCUT2D eigenvalue weighted by atomic mass is 32.2. The second-order valence-electron chi connectivity index (χ2n) is 7.89. The van der Waals surface area contributed by atoms with Crippen molar-refractivity contribution in [2.24, 2.45) is 0 Å². The Labute approximate surface area is 188 Å². The molecule has 1 saturated carbocycles. The number of aryl methyl sites for hydroxylation is 1. The van der Waals surface area contributed by atoms with Gasteiger partial charge in [-0.05, 0) is 69.2 Å². The molecule has 1 heterocycles. The lowest BCUT2D eigenvalue weighted by Gasteiger charge is -2.19. The number of nitrogens with one attached hydrogen (secondary N) is 2. The van der Waals surface area contributed by atoms with Crippen LogP contribution in [0.1, 0.15) is 53.6 Å². The Hall–Kier alpha value is -2.54. The second kappa shape index (κ2) is 11.7. The van der Waals surface area contributed by atoms with Crippen LogP contribution in [0.2, 0.25) is 0 Å². The van der Waals surface area contributed by atoms with Crippen LogP contribution in [0.3, 0.4) is 0 Å². The van der Waals surface area contributed by atoms with Gasteiger partial charge in [0, 0.05) is 23.9 Å². The van der Waals surface area contributed by atoms with Gasteiger partial charge in [0.05, 0.1) is 0 Å². The van der Waals surface area contributed by atoms with Crippen LogP contribution >= 0.6 is 11.8 Å². The van der Waals surface area contributed by atoms with Gasteiger partial charge in [-0.15, -0.1) is 0 Å². The van der Waals surface area contributed by atoms with Crippen molar-refractivity contribution in [3.05, 3.63) is 59.3 Å². The molecular weight excluding hydrogens is 410 g/mol. The first kappa shape index (κ1) is 23.1. The topological polar surface area (TPSA) is 80.3 Å². The molecule has 3 rings (SSSR count). The number of hydrogen-bond donors (Lipinski definition) is 2. The number of amides is 2. The van der Waals surface area contributed by atoms with Crippen molar-refractivity contribution >= 4 is 23.6 Å². The van der Waals surface area contributed by atoms with E-state index in [1.807, 2.05) is 43.5 Å². The van der Waals surface area contributed by atoms with E-state index in [1.54, 1.807) is 24.0 Å². The van der Waals surface area contributed by atoms with Gasteiger partial charge in [0.15, 0.2) is 0 Å². The predicted molar refractivity (Wildman–Crippen MR) is 124 cm³/mol. The van der Waals surface area contributed by atoms with Gasteiger partial charge in [-0.1, -0.05) is 23.8 Å². The Bertz CT molecular complexity index is 884. The number of carbonyl (C=O) groups excluding carboxylic acids is 2. The molecule has 1 aliphatic carbocycles. The monoisotopic (exact) mass is 441 g/mol. The third-order valence-corrected chi connectivity index (χ3v) is 6.04. The number of rotatable bonds is 10.